The molecule has 1 amide bonds. The minimum absolute atomic E-state index is 0.0918. The summed E-state index contributed by atoms with van der Waals surface area (Å²) in [6.07, 6.45) is 0.651. The lowest BCUT2D eigenvalue weighted by Crippen LogP contribution is -2.26. The molecule has 0 aliphatic rings. The van der Waals surface area contributed by atoms with E-state index in [2.05, 4.69) is 5.32 Å². The van der Waals surface area contributed by atoms with Crippen molar-refractivity contribution < 1.29 is 27.9 Å². The molecule has 0 unspecified atom stereocenters. The minimum Gasteiger partial charge on any atom is -0.505 e. The third-order valence-corrected chi connectivity index (χ3v) is 4.68. The van der Waals surface area contributed by atoms with Crippen LogP contribution in [0.4, 0.5) is 13.2 Å². The Kier molecular flexibility index (Phi) is 5.63. The summed E-state index contributed by atoms with van der Waals surface area (Å²) in [7, 11) is 0. The quantitative estimate of drug-likeness (QED) is 0.679. The Morgan fingerprint density at radius 1 is 1.07 bits per heavy atom. The molecule has 3 rings (SSSR count). The molecular formula is C21H19F3N2O3. The molecule has 0 saturated heterocycles. The maximum Gasteiger partial charge on any atom is 0.262 e. The molecule has 3 aromatic rings. The van der Waals surface area contributed by atoms with Crippen LogP contribution in [0.1, 0.15) is 35.0 Å². The third kappa shape index (κ3) is 3.83. The minimum atomic E-state index is -1.19. The summed E-state index contributed by atoms with van der Waals surface area (Å²) in [6, 6.07) is 4.83. The van der Waals surface area contributed by atoms with E-state index < -0.39 is 29.1 Å². The molecule has 2 aromatic carbocycles. The van der Waals surface area contributed by atoms with E-state index >= 15 is 0 Å². The van der Waals surface area contributed by atoms with Crippen molar-refractivity contribution in [3.8, 4) is 5.75 Å². The number of carbonyl (C=O) groups excluding carboxylic acids is 2. The summed E-state index contributed by atoms with van der Waals surface area (Å²) in [5.41, 5.74) is 0.747. The molecule has 0 bridgehead atoms. The van der Waals surface area contributed by atoms with Crippen LogP contribution in [0.2, 0.25) is 0 Å². The summed E-state index contributed by atoms with van der Waals surface area (Å²) in [5.74, 6) is -4.86. The number of phenols is 1. The van der Waals surface area contributed by atoms with Gasteiger partial charge in [0.1, 0.15) is 0 Å². The lowest BCUT2D eigenvalue weighted by molar-refractivity contribution is -0.120. The van der Waals surface area contributed by atoms with E-state index in [0.29, 0.717) is 23.2 Å². The molecule has 1 aromatic heterocycles. The Bertz CT molecular complexity index is 1120. The highest BCUT2D eigenvalue weighted by molar-refractivity contribution is 6.05. The highest BCUT2D eigenvalue weighted by atomic mass is 19.2. The lowest BCUT2D eigenvalue weighted by atomic mass is 10.1. The molecule has 0 aliphatic heterocycles. The fourth-order valence-corrected chi connectivity index (χ4v) is 3.22. The number of rotatable bonds is 5. The van der Waals surface area contributed by atoms with Gasteiger partial charge in [0.05, 0.1) is 11.9 Å². The van der Waals surface area contributed by atoms with Crippen LogP contribution in [-0.2, 0) is 11.2 Å². The van der Waals surface area contributed by atoms with Gasteiger partial charge in [0.15, 0.2) is 23.2 Å². The smallest absolute Gasteiger partial charge is 0.262 e. The first kappa shape index (κ1) is 20.4. The third-order valence-electron chi connectivity index (χ3n) is 4.68. The molecule has 2 N–H and O–H groups in total. The van der Waals surface area contributed by atoms with Crippen molar-refractivity contribution in [3.63, 3.8) is 0 Å². The SMILES string of the molecule is CCCNC(=O)Cc1c(C)n(C(=O)c2ccc(F)c(F)c2)c2cc(F)c(O)cc12. The number of halogens is 3. The van der Waals surface area contributed by atoms with Crippen LogP contribution in [0.25, 0.3) is 10.9 Å². The maximum absolute atomic E-state index is 14.0. The molecule has 152 valence electrons. The first-order valence-corrected chi connectivity index (χ1v) is 9.03. The standard InChI is InChI=1S/C21H19F3N2O3/c1-3-6-25-20(28)9-13-11(2)26(18-10-17(24)19(27)8-14(13)18)21(29)12-4-5-15(22)16(23)7-12/h4-5,7-8,10,27H,3,6,9H2,1-2H3,(H,25,28). The summed E-state index contributed by atoms with van der Waals surface area (Å²) in [6.45, 7) is 3.94. The van der Waals surface area contributed by atoms with E-state index in [4.69, 9.17) is 0 Å². The van der Waals surface area contributed by atoms with E-state index in [0.717, 1.165) is 41.3 Å². The Hall–Kier alpha value is -3.29. The molecule has 0 saturated carbocycles. The number of amides is 1. The van der Waals surface area contributed by atoms with E-state index in [1.54, 1.807) is 6.92 Å². The molecule has 0 aliphatic carbocycles. The molecule has 0 atom stereocenters. The van der Waals surface area contributed by atoms with Crippen molar-refractivity contribution >= 4 is 22.7 Å². The van der Waals surface area contributed by atoms with Crippen molar-refractivity contribution in [1.29, 1.82) is 0 Å². The molecule has 0 spiro atoms. The highest BCUT2D eigenvalue weighted by Crippen LogP contribution is 2.32. The van der Waals surface area contributed by atoms with E-state index in [9.17, 15) is 27.9 Å². The number of hydrogen-bond donors (Lipinski definition) is 2. The van der Waals surface area contributed by atoms with Crippen LogP contribution >= 0.6 is 0 Å². The van der Waals surface area contributed by atoms with Crippen LogP contribution in [0.15, 0.2) is 30.3 Å². The number of nitrogens with zero attached hydrogens (tertiary/aromatic N) is 1. The van der Waals surface area contributed by atoms with E-state index in [1.807, 2.05) is 6.92 Å². The molecule has 5 nitrogen and oxygen atoms in total. The molecule has 29 heavy (non-hydrogen) atoms. The molecule has 1 heterocycles. The zero-order valence-corrected chi connectivity index (χ0v) is 15.9. The molecule has 0 radical (unpaired) electrons. The Labute approximate surface area is 164 Å². The summed E-state index contributed by atoms with van der Waals surface area (Å²) < 4.78 is 42.0. The van der Waals surface area contributed by atoms with Crippen LogP contribution in [0, 0.1) is 24.4 Å². The number of aromatic nitrogens is 1. The fraction of sp³-hybridized carbons (Fsp3) is 0.238. The van der Waals surface area contributed by atoms with Crippen molar-refractivity contribution in [2.24, 2.45) is 0 Å². The Morgan fingerprint density at radius 3 is 2.45 bits per heavy atom. The van der Waals surface area contributed by atoms with E-state index in [1.165, 1.54) is 0 Å². The number of fused-ring (bicyclic) bond motifs is 1. The van der Waals surface area contributed by atoms with Gasteiger partial charge in [0.25, 0.3) is 5.91 Å². The monoisotopic (exact) mass is 404 g/mol. The van der Waals surface area contributed by atoms with E-state index in [-0.39, 0.29) is 23.4 Å². The predicted octanol–water partition coefficient (Wildman–Crippen LogP) is 3.83. The normalized spacial score (nSPS) is 11.1. The first-order chi connectivity index (χ1) is 13.7. The van der Waals surface area contributed by atoms with Crippen LogP contribution in [0.5, 0.6) is 5.75 Å². The number of hydrogen-bond acceptors (Lipinski definition) is 3. The first-order valence-electron chi connectivity index (χ1n) is 9.03. The van der Waals surface area contributed by atoms with Gasteiger partial charge in [-0.05, 0) is 43.2 Å². The van der Waals surface area contributed by atoms with Crippen molar-refractivity contribution in [1.82, 2.24) is 9.88 Å². The Morgan fingerprint density at radius 2 is 1.79 bits per heavy atom. The van der Waals surface area contributed by atoms with Gasteiger partial charge in [0.2, 0.25) is 5.91 Å². The average Bonchev–Trinajstić information content (AvgIpc) is 2.93. The topological polar surface area (TPSA) is 71.3 Å². The number of carbonyl (C=O) groups is 2. The second-order valence-corrected chi connectivity index (χ2v) is 6.68. The summed E-state index contributed by atoms with van der Waals surface area (Å²) in [5, 5.41) is 12.8. The summed E-state index contributed by atoms with van der Waals surface area (Å²) in [4.78, 5) is 25.2. The number of phenolic OH excluding ortho intramolecular Hbond substituents is 1. The number of aromatic hydroxyl groups is 1. The second kappa shape index (κ2) is 7.98. The van der Waals surface area contributed by atoms with Gasteiger partial charge >= 0.3 is 0 Å². The maximum atomic E-state index is 14.0. The van der Waals surface area contributed by atoms with Crippen LogP contribution in [0.3, 0.4) is 0 Å². The lowest BCUT2D eigenvalue weighted by Gasteiger charge is -2.08. The Balaban J connectivity index is 2.17. The van der Waals surface area contributed by atoms with Gasteiger partial charge < -0.3 is 10.4 Å². The van der Waals surface area contributed by atoms with Gasteiger partial charge in [-0.15, -0.1) is 0 Å². The molecular weight excluding hydrogens is 385 g/mol. The molecule has 8 heteroatoms. The zero-order valence-electron chi connectivity index (χ0n) is 15.9. The van der Waals surface area contributed by atoms with Crippen molar-refractivity contribution in [2.45, 2.75) is 26.7 Å². The fourth-order valence-electron chi connectivity index (χ4n) is 3.22. The average molecular weight is 404 g/mol. The zero-order chi connectivity index (χ0) is 21.3. The van der Waals surface area contributed by atoms with Crippen molar-refractivity contribution in [2.75, 3.05) is 6.54 Å². The highest BCUT2D eigenvalue weighted by Gasteiger charge is 2.23. The van der Waals surface area contributed by atoms with Gasteiger partial charge in [-0.1, -0.05) is 6.92 Å². The largest absolute Gasteiger partial charge is 0.505 e. The van der Waals surface area contributed by atoms with Crippen LogP contribution in [-0.4, -0.2) is 28.0 Å². The predicted molar refractivity (Wildman–Crippen MR) is 101 cm³/mol. The van der Waals surface area contributed by atoms with Gasteiger partial charge in [-0.3, -0.25) is 14.2 Å². The van der Waals surface area contributed by atoms with Crippen LogP contribution < -0.4 is 5.32 Å². The molecule has 0 fully saturated rings. The van der Waals surface area contributed by atoms with Gasteiger partial charge in [0, 0.05) is 29.3 Å². The van der Waals surface area contributed by atoms with Crippen molar-refractivity contribution in [3.05, 3.63) is 64.6 Å². The van der Waals surface area contributed by atoms with Gasteiger partial charge in [-0.2, -0.15) is 0 Å². The summed E-state index contributed by atoms with van der Waals surface area (Å²) >= 11 is 0. The number of benzene rings is 2. The van der Waals surface area contributed by atoms with Gasteiger partial charge in [-0.25, -0.2) is 13.2 Å². The number of nitrogens with one attached hydrogen (secondary N) is 1. The second-order valence-electron chi connectivity index (χ2n) is 6.68.